The molecule has 0 bridgehead atoms. The van der Waals surface area contributed by atoms with Crippen molar-refractivity contribution in [3.8, 4) is 0 Å². The molecule has 0 saturated heterocycles. The number of hydrogen-bond acceptors (Lipinski definition) is 1. The first-order chi connectivity index (χ1) is 4.80. The first-order valence-corrected chi connectivity index (χ1v) is 12.1. The van der Waals surface area contributed by atoms with Gasteiger partial charge in [-0.25, -0.2) is 0 Å². The maximum atomic E-state index is 5.46. The fourth-order valence-electron chi connectivity index (χ4n) is 0.329. The van der Waals surface area contributed by atoms with Gasteiger partial charge in [0, 0.05) is 5.15 Å². The van der Waals surface area contributed by atoms with Crippen LogP contribution in [0.25, 0.3) is 0 Å². The molecule has 0 radical (unpaired) electrons. The van der Waals surface area contributed by atoms with Gasteiger partial charge in [-0.05, 0) is 5.02 Å². The van der Waals surface area contributed by atoms with Gasteiger partial charge in [0.2, 0.25) is 0 Å². The molecule has 1 rings (SSSR count). The molecule has 50 valence electrons. The first-order valence-electron chi connectivity index (χ1n) is 2.25. The van der Waals surface area contributed by atoms with Crippen molar-refractivity contribution in [2.24, 2.45) is 0 Å². The normalized spacial score (nSPS) is 8.10. The summed E-state index contributed by atoms with van der Waals surface area (Å²) >= 11 is 14.5. The van der Waals surface area contributed by atoms with E-state index in [1.54, 1.807) is 6.07 Å². The van der Waals surface area contributed by atoms with Crippen LogP contribution in [0.2, 0.25) is 10.2 Å². The Morgan fingerprint density at radius 3 is 2.40 bits per heavy atom. The van der Waals surface area contributed by atoms with E-state index >= 15 is 0 Å². The van der Waals surface area contributed by atoms with Gasteiger partial charge in [0.1, 0.15) is 0 Å². The molecule has 1 aromatic heterocycles. The van der Waals surface area contributed by atoms with Crippen molar-refractivity contribution in [3.05, 3.63) is 28.5 Å². The fourth-order valence-corrected chi connectivity index (χ4v) is 0.552. The molecule has 0 fully saturated rings. The molecule has 0 aliphatic heterocycles. The average Bonchev–Trinajstić information content (AvgIpc) is 2.00. The molecule has 10 heavy (non-hydrogen) atoms. The van der Waals surface area contributed by atoms with Gasteiger partial charge in [-0.3, -0.25) is 0 Å². The molecule has 0 amide bonds. The molecule has 0 atom stereocenters. The van der Waals surface area contributed by atoms with Crippen molar-refractivity contribution < 1.29 is 14.8 Å². The summed E-state index contributed by atoms with van der Waals surface area (Å²) in [5.41, 5.74) is 0. The second-order valence-electron chi connectivity index (χ2n) is 1.19. The Morgan fingerprint density at radius 1 is 1.50 bits per heavy atom. The van der Waals surface area contributed by atoms with E-state index in [4.69, 9.17) is 23.2 Å². The Hall–Kier alpha value is 1.08. The number of halogens is 3. The predicted octanol–water partition coefficient (Wildman–Crippen LogP) is 3.07. The van der Waals surface area contributed by atoms with E-state index in [0.717, 1.165) is 0 Å². The zero-order valence-corrected chi connectivity index (χ0v) is 11.6. The van der Waals surface area contributed by atoms with Crippen molar-refractivity contribution in [3.63, 3.8) is 0 Å². The van der Waals surface area contributed by atoms with Crippen LogP contribution in [0.1, 0.15) is 0 Å². The third kappa shape index (κ3) is 4.06. The van der Waals surface area contributed by atoms with Crippen LogP contribution in [0.4, 0.5) is 0 Å². The van der Waals surface area contributed by atoms with Crippen LogP contribution in [-0.4, -0.2) is 4.98 Å². The van der Waals surface area contributed by atoms with Gasteiger partial charge >= 0.3 is 34.5 Å². The SMILES string of the molecule is Clc1[c-]ccnc1Cl.[Zn+][I]. The zero-order chi connectivity index (χ0) is 7.98. The quantitative estimate of drug-likeness (QED) is 0.306. The van der Waals surface area contributed by atoms with Gasteiger partial charge in [0.15, 0.2) is 0 Å². The van der Waals surface area contributed by atoms with Crippen molar-refractivity contribution >= 4 is 43.0 Å². The predicted molar refractivity (Wildman–Crippen MR) is 47.1 cm³/mol. The summed E-state index contributed by atoms with van der Waals surface area (Å²) in [6.07, 6.45) is 1.54. The number of aromatic nitrogens is 1. The Labute approximate surface area is 90.4 Å². The molecule has 0 aromatic carbocycles. The summed E-state index contributed by atoms with van der Waals surface area (Å²) < 4.78 is 0. The second-order valence-corrected chi connectivity index (χ2v) is 1.93. The van der Waals surface area contributed by atoms with E-state index in [2.05, 4.69) is 30.8 Å². The average molecular weight is 339 g/mol. The van der Waals surface area contributed by atoms with Crippen LogP contribution in [0.15, 0.2) is 12.3 Å². The van der Waals surface area contributed by atoms with Crippen molar-refractivity contribution in [1.82, 2.24) is 4.98 Å². The molecule has 0 N–H and O–H groups in total. The van der Waals surface area contributed by atoms with Gasteiger partial charge in [0.05, 0.1) is 0 Å². The summed E-state index contributed by atoms with van der Waals surface area (Å²) in [6.45, 7) is 0. The van der Waals surface area contributed by atoms with Crippen LogP contribution >= 0.6 is 43.0 Å². The van der Waals surface area contributed by atoms with E-state index in [1.165, 1.54) is 21.0 Å². The molecule has 1 heterocycles. The topological polar surface area (TPSA) is 12.9 Å². The summed E-state index contributed by atoms with van der Waals surface area (Å²) in [4.78, 5) is 3.68. The van der Waals surface area contributed by atoms with E-state index < -0.39 is 0 Å². The number of pyridine rings is 1. The van der Waals surface area contributed by atoms with Crippen LogP contribution < -0.4 is 0 Å². The Balaban J connectivity index is 0.000000371. The molecule has 0 spiro atoms. The van der Waals surface area contributed by atoms with Crippen molar-refractivity contribution in [1.29, 1.82) is 0 Å². The number of nitrogens with zero attached hydrogens (tertiary/aromatic N) is 1. The monoisotopic (exact) mass is 337 g/mol. The summed E-state index contributed by atoms with van der Waals surface area (Å²) in [6, 6.07) is 4.28. The van der Waals surface area contributed by atoms with Crippen LogP contribution in [0.5, 0.6) is 0 Å². The van der Waals surface area contributed by atoms with Gasteiger partial charge in [0.25, 0.3) is 0 Å². The minimum absolute atomic E-state index is 0.300. The van der Waals surface area contributed by atoms with Gasteiger partial charge in [-0.15, -0.1) is 23.2 Å². The van der Waals surface area contributed by atoms with Gasteiger partial charge in [-0.1, -0.05) is 6.20 Å². The van der Waals surface area contributed by atoms with E-state index in [1.807, 2.05) is 0 Å². The molecule has 1 nitrogen and oxygen atoms in total. The molecule has 0 aliphatic carbocycles. The fraction of sp³-hybridized carbons (Fsp3) is 0. The van der Waals surface area contributed by atoms with E-state index in [9.17, 15) is 0 Å². The Bertz CT molecular complexity index is 176. The van der Waals surface area contributed by atoms with Crippen LogP contribution in [0, 0.1) is 6.07 Å². The Kier molecular flexibility index (Phi) is 7.51. The van der Waals surface area contributed by atoms with Gasteiger partial charge < -0.3 is 4.98 Å². The summed E-state index contributed by atoms with van der Waals surface area (Å²) in [5, 5.41) is 0.670. The first kappa shape index (κ1) is 11.1. The summed E-state index contributed by atoms with van der Waals surface area (Å²) in [7, 11) is 0. The van der Waals surface area contributed by atoms with Crippen molar-refractivity contribution in [2.45, 2.75) is 0 Å². The number of rotatable bonds is 0. The van der Waals surface area contributed by atoms with Crippen LogP contribution in [-0.2, 0) is 14.8 Å². The molecule has 0 unspecified atom stereocenters. The van der Waals surface area contributed by atoms with Crippen molar-refractivity contribution in [2.75, 3.05) is 0 Å². The van der Waals surface area contributed by atoms with E-state index in [0.29, 0.717) is 10.2 Å². The third-order valence-electron chi connectivity index (χ3n) is 0.654. The van der Waals surface area contributed by atoms with Gasteiger partial charge in [-0.2, -0.15) is 12.1 Å². The standard InChI is InChI=1S/C5H2Cl2N.HI.Zn/c6-4-2-1-3-8-5(4)7;;/h1,3H;1H;/q-1;;+2/p-1. The van der Waals surface area contributed by atoms with E-state index in [-0.39, 0.29) is 0 Å². The van der Waals surface area contributed by atoms with Crippen LogP contribution in [0.3, 0.4) is 0 Å². The minimum atomic E-state index is 0.300. The second kappa shape index (κ2) is 6.77. The Morgan fingerprint density at radius 2 is 2.10 bits per heavy atom. The molecule has 1 aromatic rings. The molecular weight excluding hydrogens is 337 g/mol. The summed E-state index contributed by atoms with van der Waals surface area (Å²) in [5.74, 6) is 0. The molecule has 0 aliphatic rings. The zero-order valence-electron chi connectivity index (χ0n) is 4.94. The molecule has 0 saturated carbocycles. The number of hydrogen-bond donors (Lipinski definition) is 0. The maximum absolute atomic E-state index is 5.46. The molecular formula is C5H2Cl2INZn. The third-order valence-corrected chi connectivity index (χ3v) is 1.33. The molecule has 5 heteroatoms.